The number of rotatable bonds is 13. The summed E-state index contributed by atoms with van der Waals surface area (Å²) >= 11 is 0. The van der Waals surface area contributed by atoms with Crippen LogP contribution in [0.15, 0.2) is 85.5 Å². The summed E-state index contributed by atoms with van der Waals surface area (Å²) in [7, 11) is 2.04. The molecule has 41 heavy (non-hydrogen) atoms. The molecule has 3 atom stereocenters. The molecule has 3 aromatic carbocycles. The lowest BCUT2D eigenvalue weighted by Crippen LogP contribution is -2.37. The van der Waals surface area contributed by atoms with Gasteiger partial charge in [-0.1, -0.05) is 78.9 Å². The van der Waals surface area contributed by atoms with Crippen LogP contribution in [0.1, 0.15) is 53.9 Å². The Labute approximate surface area is 241 Å². The minimum atomic E-state index is -0.993. The summed E-state index contributed by atoms with van der Waals surface area (Å²) in [5, 5.41) is 21.1. The number of ether oxygens (including phenoxy) is 2. The third kappa shape index (κ3) is 8.58. The maximum absolute atomic E-state index is 12.1. The normalized spacial score (nSPS) is 18.7. The number of carboxylic acids is 1. The Morgan fingerprint density at radius 1 is 1.00 bits per heavy atom. The molecule has 1 saturated heterocycles. The molecular formula is C33H38N2O6. The number of nitrogens with one attached hydrogen (secondary N) is 1. The molecule has 1 heterocycles. The molecule has 4 rings (SSSR count). The van der Waals surface area contributed by atoms with Crippen LogP contribution in [0, 0.1) is 0 Å². The molecule has 1 aliphatic heterocycles. The van der Waals surface area contributed by atoms with Crippen molar-refractivity contribution >= 4 is 11.9 Å². The zero-order valence-electron chi connectivity index (χ0n) is 23.4. The average molecular weight is 559 g/mol. The van der Waals surface area contributed by atoms with E-state index in [1.807, 2.05) is 85.9 Å². The second-order valence-corrected chi connectivity index (χ2v) is 10.3. The molecule has 0 saturated carbocycles. The SMILES string of the molecule is C=CCN(C)C[C@H]1C[C@@H](c2ccc(CO)cc2)O[C@@H](c2ccc(-c3ccccc3CNC(=O)CCC(=O)O)cc2)O1. The van der Waals surface area contributed by atoms with Crippen molar-refractivity contribution in [2.45, 2.75) is 50.9 Å². The summed E-state index contributed by atoms with van der Waals surface area (Å²) in [6.07, 6.45) is 1.58. The van der Waals surface area contributed by atoms with Crippen LogP contribution in [0.2, 0.25) is 0 Å². The Morgan fingerprint density at radius 2 is 1.71 bits per heavy atom. The predicted molar refractivity (Wildman–Crippen MR) is 157 cm³/mol. The predicted octanol–water partition coefficient (Wildman–Crippen LogP) is 4.99. The molecule has 0 spiro atoms. The van der Waals surface area contributed by atoms with E-state index in [4.69, 9.17) is 14.6 Å². The molecule has 3 aromatic rings. The summed E-state index contributed by atoms with van der Waals surface area (Å²) < 4.78 is 12.9. The second-order valence-electron chi connectivity index (χ2n) is 10.3. The summed E-state index contributed by atoms with van der Waals surface area (Å²) in [4.78, 5) is 25.0. The number of carboxylic acid groups (broad SMARTS) is 1. The van der Waals surface area contributed by atoms with E-state index in [9.17, 15) is 14.7 Å². The van der Waals surface area contributed by atoms with Crippen molar-refractivity contribution in [1.29, 1.82) is 0 Å². The lowest BCUT2D eigenvalue weighted by atomic mass is 9.97. The van der Waals surface area contributed by atoms with E-state index in [-0.39, 0.29) is 37.6 Å². The first-order valence-corrected chi connectivity index (χ1v) is 13.8. The van der Waals surface area contributed by atoms with Gasteiger partial charge in [0.25, 0.3) is 0 Å². The highest BCUT2D eigenvalue weighted by atomic mass is 16.7. The Bertz CT molecular complexity index is 1310. The van der Waals surface area contributed by atoms with Crippen LogP contribution >= 0.6 is 0 Å². The highest BCUT2D eigenvalue weighted by Gasteiger charge is 2.32. The van der Waals surface area contributed by atoms with Gasteiger partial charge in [0.1, 0.15) is 0 Å². The van der Waals surface area contributed by atoms with Gasteiger partial charge >= 0.3 is 5.97 Å². The summed E-state index contributed by atoms with van der Waals surface area (Å²) in [5.74, 6) is -1.29. The fourth-order valence-corrected chi connectivity index (χ4v) is 4.95. The molecular weight excluding hydrogens is 520 g/mol. The summed E-state index contributed by atoms with van der Waals surface area (Å²) in [6, 6.07) is 23.7. The minimum Gasteiger partial charge on any atom is -0.481 e. The van der Waals surface area contributed by atoms with Gasteiger partial charge in [0.05, 0.1) is 25.2 Å². The quantitative estimate of drug-likeness (QED) is 0.254. The fraction of sp³-hybridized carbons (Fsp3) is 0.333. The first kappa shape index (κ1) is 30.1. The highest BCUT2D eigenvalue weighted by molar-refractivity contribution is 5.80. The van der Waals surface area contributed by atoms with Crippen molar-refractivity contribution in [3.8, 4) is 11.1 Å². The number of aliphatic carboxylic acids is 1. The monoisotopic (exact) mass is 558 g/mol. The van der Waals surface area contributed by atoms with E-state index in [1.54, 1.807) is 0 Å². The minimum absolute atomic E-state index is 0.000910. The number of aliphatic hydroxyl groups is 1. The number of hydrogen-bond donors (Lipinski definition) is 3. The Balaban J connectivity index is 1.50. The number of carbonyl (C=O) groups excluding carboxylic acids is 1. The van der Waals surface area contributed by atoms with Gasteiger partial charge in [-0.2, -0.15) is 0 Å². The van der Waals surface area contributed by atoms with Crippen molar-refractivity contribution in [2.75, 3.05) is 20.1 Å². The number of hydrogen-bond acceptors (Lipinski definition) is 6. The van der Waals surface area contributed by atoms with E-state index in [2.05, 4.69) is 16.8 Å². The Kier molecular flexibility index (Phi) is 10.8. The fourth-order valence-electron chi connectivity index (χ4n) is 4.95. The first-order chi connectivity index (χ1) is 19.9. The van der Waals surface area contributed by atoms with Crippen LogP contribution in [-0.4, -0.2) is 53.2 Å². The van der Waals surface area contributed by atoms with Crippen molar-refractivity contribution < 1.29 is 29.3 Å². The van der Waals surface area contributed by atoms with Crippen LogP contribution in [0.3, 0.4) is 0 Å². The zero-order valence-corrected chi connectivity index (χ0v) is 23.4. The van der Waals surface area contributed by atoms with Crippen LogP contribution < -0.4 is 5.32 Å². The number of nitrogens with zero attached hydrogens (tertiary/aromatic N) is 1. The Morgan fingerprint density at radius 3 is 2.39 bits per heavy atom. The topological polar surface area (TPSA) is 108 Å². The highest BCUT2D eigenvalue weighted by Crippen LogP contribution is 2.38. The molecule has 0 aliphatic carbocycles. The number of likely N-dealkylation sites (N-methyl/N-ethyl adjacent to an activating group) is 1. The molecule has 3 N–H and O–H groups in total. The molecule has 8 nitrogen and oxygen atoms in total. The van der Waals surface area contributed by atoms with Crippen molar-refractivity contribution in [1.82, 2.24) is 10.2 Å². The number of amides is 1. The van der Waals surface area contributed by atoms with Crippen molar-refractivity contribution in [3.63, 3.8) is 0 Å². The van der Waals surface area contributed by atoms with E-state index in [0.29, 0.717) is 13.0 Å². The maximum Gasteiger partial charge on any atom is 0.303 e. The van der Waals surface area contributed by atoms with Crippen molar-refractivity contribution in [3.05, 3.63) is 108 Å². The molecule has 216 valence electrons. The van der Waals surface area contributed by atoms with Gasteiger partial charge in [-0.3, -0.25) is 9.59 Å². The lowest BCUT2D eigenvalue weighted by Gasteiger charge is -2.37. The van der Waals surface area contributed by atoms with Crippen LogP contribution in [0.4, 0.5) is 0 Å². The zero-order chi connectivity index (χ0) is 29.2. The summed E-state index contributed by atoms with van der Waals surface area (Å²) in [6.45, 7) is 5.64. The van der Waals surface area contributed by atoms with Gasteiger partial charge in [0.15, 0.2) is 6.29 Å². The Hall–Kier alpha value is -3.82. The molecule has 1 amide bonds. The average Bonchev–Trinajstić information content (AvgIpc) is 2.99. The second kappa shape index (κ2) is 14.7. The van der Waals surface area contributed by atoms with Crippen LogP contribution in [-0.2, 0) is 32.2 Å². The van der Waals surface area contributed by atoms with Crippen molar-refractivity contribution in [2.24, 2.45) is 0 Å². The van der Waals surface area contributed by atoms with Gasteiger partial charge in [0, 0.05) is 38.0 Å². The standard InChI is InChI=1S/C33H38N2O6/c1-3-18-35(2)21-28-19-30(25-10-8-23(22-36)9-11-25)41-33(40-28)26-14-12-24(13-15-26)29-7-5-4-6-27(29)20-34-31(37)16-17-32(38)39/h3-15,28,30,33,36H,1,16-22H2,2H3,(H,34,37)(H,38,39)/t28-,30+,33+/m1/s1. The molecule has 8 heteroatoms. The van der Waals surface area contributed by atoms with E-state index in [0.717, 1.165) is 46.5 Å². The molecule has 0 unspecified atom stereocenters. The molecule has 1 fully saturated rings. The van der Waals surface area contributed by atoms with Gasteiger partial charge in [0.2, 0.25) is 5.91 Å². The van der Waals surface area contributed by atoms with Crippen LogP contribution in [0.5, 0.6) is 0 Å². The van der Waals surface area contributed by atoms with Crippen LogP contribution in [0.25, 0.3) is 11.1 Å². The number of aliphatic hydroxyl groups excluding tert-OH is 1. The third-order valence-electron chi connectivity index (χ3n) is 7.12. The molecule has 0 aromatic heterocycles. The van der Waals surface area contributed by atoms with Gasteiger partial charge < -0.3 is 29.9 Å². The maximum atomic E-state index is 12.1. The van der Waals surface area contributed by atoms with E-state index < -0.39 is 12.3 Å². The van der Waals surface area contributed by atoms with Gasteiger partial charge in [-0.15, -0.1) is 6.58 Å². The number of carbonyl (C=O) groups is 2. The lowest BCUT2D eigenvalue weighted by molar-refractivity contribution is -0.252. The smallest absolute Gasteiger partial charge is 0.303 e. The molecule has 0 radical (unpaired) electrons. The summed E-state index contributed by atoms with van der Waals surface area (Å²) in [5.41, 5.74) is 5.71. The van der Waals surface area contributed by atoms with Gasteiger partial charge in [-0.05, 0) is 34.9 Å². The van der Waals surface area contributed by atoms with E-state index in [1.165, 1.54) is 0 Å². The largest absolute Gasteiger partial charge is 0.481 e. The first-order valence-electron chi connectivity index (χ1n) is 13.8. The third-order valence-corrected chi connectivity index (χ3v) is 7.12. The molecule has 1 aliphatic rings. The molecule has 0 bridgehead atoms. The van der Waals surface area contributed by atoms with E-state index >= 15 is 0 Å². The van der Waals surface area contributed by atoms with Gasteiger partial charge in [-0.25, -0.2) is 0 Å². The number of benzene rings is 3.